The van der Waals surface area contributed by atoms with Crippen LogP contribution in [0.25, 0.3) is 0 Å². The first-order valence-electron chi connectivity index (χ1n) is 13.3. The van der Waals surface area contributed by atoms with E-state index < -0.39 is 79.3 Å². The molecule has 11 heteroatoms. The van der Waals surface area contributed by atoms with Crippen molar-refractivity contribution in [1.82, 2.24) is 0 Å². The Labute approximate surface area is 231 Å². The number of fused-ring (bicyclic) bond motifs is 5. The predicted octanol–water partition coefficient (Wildman–Crippen LogP) is 3.01. The van der Waals surface area contributed by atoms with Gasteiger partial charge >= 0.3 is 5.97 Å². The second kappa shape index (κ2) is 9.14. The van der Waals surface area contributed by atoms with Gasteiger partial charge in [-0.05, 0) is 74.8 Å². The molecule has 0 heterocycles. The number of Topliss-reactive ketones (excluding diaryl/α,β-unsaturated/α-hetero) is 1. The van der Waals surface area contributed by atoms with E-state index in [9.17, 15) is 37.6 Å². The lowest BCUT2D eigenvalue weighted by Crippen LogP contribution is -2.69. The fourth-order valence-electron chi connectivity index (χ4n) is 8.25. The van der Waals surface area contributed by atoms with E-state index >= 15 is 4.39 Å². The van der Waals surface area contributed by atoms with E-state index in [-0.39, 0.29) is 17.8 Å². The molecule has 4 aliphatic rings. The van der Waals surface area contributed by atoms with Crippen LogP contribution in [0.5, 0.6) is 0 Å². The van der Waals surface area contributed by atoms with Crippen molar-refractivity contribution in [2.75, 3.05) is 6.61 Å². The van der Waals surface area contributed by atoms with Crippen molar-refractivity contribution in [2.45, 2.75) is 68.7 Å². The van der Waals surface area contributed by atoms with Crippen LogP contribution in [0.1, 0.15) is 56.8 Å². The number of aliphatic hydroxyl groups excluding tert-OH is 1. The zero-order valence-corrected chi connectivity index (χ0v) is 23.3. The normalized spacial score (nSPS) is 40.5. The molecular formula is C29H33FO9S. The Kier molecular flexibility index (Phi) is 6.58. The van der Waals surface area contributed by atoms with Crippen LogP contribution >= 0.6 is 0 Å². The Hall–Kier alpha value is -2.73. The molecule has 216 valence electrons. The van der Waals surface area contributed by atoms with Gasteiger partial charge in [0.2, 0.25) is 5.78 Å². The molecular weight excluding hydrogens is 543 g/mol. The molecule has 0 bridgehead atoms. The van der Waals surface area contributed by atoms with Gasteiger partial charge in [-0.25, -0.2) is 9.18 Å². The molecule has 3 N–H and O–H groups in total. The molecule has 9 nitrogen and oxygen atoms in total. The van der Waals surface area contributed by atoms with Crippen molar-refractivity contribution in [3.63, 3.8) is 0 Å². The number of esters is 1. The smallest absolute Gasteiger partial charge is 0.338 e. The van der Waals surface area contributed by atoms with Crippen LogP contribution in [0.15, 0.2) is 53.0 Å². The molecule has 2 unspecified atom stereocenters. The van der Waals surface area contributed by atoms with Crippen LogP contribution in [0.4, 0.5) is 4.39 Å². The summed E-state index contributed by atoms with van der Waals surface area (Å²) in [5.74, 6) is -3.86. The third kappa shape index (κ3) is 3.81. The molecule has 0 saturated heterocycles. The molecule has 0 radical (unpaired) electrons. The Morgan fingerprint density at radius 2 is 1.90 bits per heavy atom. The number of ketones is 2. The summed E-state index contributed by atoms with van der Waals surface area (Å²) < 4.78 is 54.4. The fraction of sp³-hybridized carbons (Fsp3) is 0.552. The summed E-state index contributed by atoms with van der Waals surface area (Å²) in [7, 11) is -4.57. The number of ether oxygens (including phenoxy) is 1. The first-order valence-corrected chi connectivity index (χ1v) is 14.8. The number of alkyl halides is 1. The minimum atomic E-state index is -4.57. The Bertz CT molecular complexity index is 1470. The largest absolute Gasteiger partial charge is 0.454 e. The third-order valence-electron chi connectivity index (χ3n) is 10.3. The lowest BCUT2D eigenvalue weighted by molar-refractivity contribution is -0.219. The van der Waals surface area contributed by atoms with Gasteiger partial charge in [-0.15, -0.1) is 0 Å². The molecule has 0 amide bonds. The fourth-order valence-corrected chi connectivity index (χ4v) is 8.77. The number of halogens is 1. The van der Waals surface area contributed by atoms with Crippen molar-refractivity contribution in [1.29, 1.82) is 0 Å². The van der Waals surface area contributed by atoms with Crippen molar-refractivity contribution in [2.24, 2.45) is 28.6 Å². The summed E-state index contributed by atoms with van der Waals surface area (Å²) in [5.41, 5.74) is -6.17. The topological polar surface area (TPSA) is 155 Å². The molecule has 3 fully saturated rings. The average molecular weight is 577 g/mol. The number of benzene rings is 1. The van der Waals surface area contributed by atoms with Gasteiger partial charge in [0.05, 0.1) is 16.6 Å². The number of aliphatic hydroxyl groups is 2. The average Bonchev–Trinajstić information content (AvgIpc) is 3.09. The standard InChI is InChI=1S/C29H33FO9S/c1-16-11-22-21-8-7-18-13-19(31)9-10-26(18,2)28(21,30)23(32)14-27(22,3)29(16,35)24(33)15-39-25(34)17-5-4-6-20(12-17)40(36,37)38/h4-6,9-10,12-13,16,21-23,32,35H,7-8,11,14-15H2,1-3H3,(H,36,37,38)/t16-,21?,22?,23+,26+,27+,28+,29+/m1/s1. The maximum atomic E-state index is 17.3. The summed E-state index contributed by atoms with van der Waals surface area (Å²) in [6.07, 6.45) is 3.64. The van der Waals surface area contributed by atoms with Crippen LogP contribution in [0.3, 0.4) is 0 Å². The molecule has 40 heavy (non-hydrogen) atoms. The lowest BCUT2D eigenvalue weighted by Gasteiger charge is -2.62. The van der Waals surface area contributed by atoms with E-state index in [2.05, 4.69) is 0 Å². The third-order valence-corrected chi connectivity index (χ3v) is 11.2. The second-order valence-electron chi connectivity index (χ2n) is 12.2. The maximum absolute atomic E-state index is 17.3. The number of hydrogen-bond donors (Lipinski definition) is 3. The lowest BCUT2D eigenvalue weighted by atomic mass is 9.44. The second-order valence-corrected chi connectivity index (χ2v) is 13.6. The Morgan fingerprint density at radius 3 is 2.58 bits per heavy atom. The van der Waals surface area contributed by atoms with Crippen molar-refractivity contribution in [3.8, 4) is 0 Å². The summed E-state index contributed by atoms with van der Waals surface area (Å²) >= 11 is 0. The van der Waals surface area contributed by atoms with Gasteiger partial charge in [0, 0.05) is 16.7 Å². The number of hydrogen-bond acceptors (Lipinski definition) is 8. The van der Waals surface area contributed by atoms with Gasteiger partial charge in [-0.2, -0.15) is 8.42 Å². The van der Waals surface area contributed by atoms with Gasteiger partial charge in [0.15, 0.2) is 18.1 Å². The van der Waals surface area contributed by atoms with Crippen LogP contribution in [0.2, 0.25) is 0 Å². The Balaban J connectivity index is 1.41. The van der Waals surface area contributed by atoms with Crippen LogP contribution in [-0.4, -0.2) is 64.7 Å². The van der Waals surface area contributed by atoms with Crippen LogP contribution in [-0.2, 0) is 24.4 Å². The van der Waals surface area contributed by atoms with E-state index in [0.29, 0.717) is 24.8 Å². The summed E-state index contributed by atoms with van der Waals surface area (Å²) in [5, 5.41) is 23.4. The quantitative estimate of drug-likeness (QED) is 0.354. The molecule has 3 saturated carbocycles. The van der Waals surface area contributed by atoms with E-state index in [4.69, 9.17) is 4.74 Å². The predicted molar refractivity (Wildman–Crippen MR) is 139 cm³/mol. The highest BCUT2D eigenvalue weighted by Crippen LogP contribution is 2.70. The molecule has 0 aromatic heterocycles. The molecule has 0 spiro atoms. The van der Waals surface area contributed by atoms with Crippen LogP contribution < -0.4 is 0 Å². The first kappa shape index (κ1) is 28.8. The van der Waals surface area contributed by atoms with Gasteiger partial charge in [0.1, 0.15) is 5.60 Å². The summed E-state index contributed by atoms with van der Waals surface area (Å²) in [6.45, 7) is 4.22. The highest BCUT2D eigenvalue weighted by molar-refractivity contribution is 7.85. The van der Waals surface area contributed by atoms with E-state index in [1.54, 1.807) is 20.8 Å². The number of carbonyl (C=O) groups is 3. The highest BCUT2D eigenvalue weighted by Gasteiger charge is 2.75. The minimum absolute atomic E-state index is 0.216. The highest BCUT2D eigenvalue weighted by atomic mass is 32.2. The van der Waals surface area contributed by atoms with Gasteiger partial charge in [-0.3, -0.25) is 14.1 Å². The van der Waals surface area contributed by atoms with Crippen LogP contribution in [0, 0.1) is 28.6 Å². The maximum Gasteiger partial charge on any atom is 0.338 e. The number of carbonyl (C=O) groups excluding carboxylic acids is 3. The van der Waals surface area contributed by atoms with Gasteiger partial charge in [-0.1, -0.05) is 31.6 Å². The molecule has 1 aromatic carbocycles. The van der Waals surface area contributed by atoms with E-state index in [1.165, 1.54) is 30.4 Å². The zero-order chi connectivity index (χ0) is 29.5. The van der Waals surface area contributed by atoms with E-state index in [0.717, 1.165) is 12.1 Å². The molecule has 0 aliphatic heterocycles. The zero-order valence-electron chi connectivity index (χ0n) is 22.5. The number of allylic oxidation sites excluding steroid dienone is 4. The monoisotopic (exact) mass is 576 g/mol. The van der Waals surface area contributed by atoms with E-state index in [1.807, 2.05) is 0 Å². The molecule has 8 atom stereocenters. The molecule has 5 rings (SSSR count). The van der Waals surface area contributed by atoms with Gasteiger partial charge in [0.25, 0.3) is 10.1 Å². The van der Waals surface area contributed by atoms with Crippen molar-refractivity contribution < 1.29 is 46.7 Å². The SMILES string of the molecule is C[C@@H]1CC2C3CCC4=CC(=O)C=C[C@]4(C)[C@@]3(F)[C@@H](O)C[C@]2(C)[C@@]1(O)C(=O)COC(=O)c1cccc(S(=O)(=O)O)c1. The molecule has 4 aliphatic carbocycles. The van der Waals surface area contributed by atoms with Crippen molar-refractivity contribution >= 4 is 27.7 Å². The number of rotatable bonds is 5. The Morgan fingerprint density at radius 1 is 1.20 bits per heavy atom. The summed E-state index contributed by atoms with van der Waals surface area (Å²) in [4.78, 5) is 37.7. The molecule has 1 aromatic rings. The minimum Gasteiger partial charge on any atom is -0.454 e. The van der Waals surface area contributed by atoms with Gasteiger partial charge < -0.3 is 14.9 Å². The summed E-state index contributed by atoms with van der Waals surface area (Å²) in [6, 6.07) is 4.48. The van der Waals surface area contributed by atoms with Crippen molar-refractivity contribution in [3.05, 3.63) is 53.6 Å². The first-order chi connectivity index (χ1) is 18.5.